The number of hydrogen-bond donors (Lipinski definition) is 2. The van der Waals surface area contributed by atoms with Gasteiger partial charge in [0.1, 0.15) is 13.2 Å². The van der Waals surface area contributed by atoms with Gasteiger partial charge in [-0.25, -0.2) is 4.79 Å². The maximum Gasteiger partial charge on any atom is 0.407 e. The Kier molecular flexibility index (Phi) is 7.70. The van der Waals surface area contributed by atoms with Crippen LogP contribution in [0.2, 0.25) is 0 Å². The molecule has 2 N–H and O–H groups in total. The van der Waals surface area contributed by atoms with Crippen molar-refractivity contribution in [2.24, 2.45) is 5.92 Å². The number of nitrogens with one attached hydrogen (secondary N) is 1. The number of carboxylic acid groups (broad SMARTS) is 1. The fraction of sp³-hybridized carbons (Fsp3) is 0.444. The minimum atomic E-state index is -1.02. The summed E-state index contributed by atoms with van der Waals surface area (Å²) in [5, 5.41) is 12.1. The van der Waals surface area contributed by atoms with Crippen LogP contribution >= 0.6 is 0 Å². The minimum Gasteiger partial charge on any atom is -0.480 e. The van der Waals surface area contributed by atoms with E-state index in [1.54, 1.807) is 0 Å². The summed E-state index contributed by atoms with van der Waals surface area (Å²) in [6, 6.07) is 16.2. The van der Waals surface area contributed by atoms with Gasteiger partial charge in [-0.1, -0.05) is 48.5 Å². The lowest BCUT2D eigenvalue weighted by molar-refractivity contribution is -0.146. The fourth-order valence-corrected chi connectivity index (χ4v) is 5.15. The SMILES string of the molecule is CN(C)CCN(CC(=O)O)C(=O)[C@H]1CC[C@@H](NC(=O)OCC2c3ccccc3-c3ccccc32)C1. The molecular weight excluding hydrogens is 446 g/mol. The van der Waals surface area contributed by atoms with Crippen LogP contribution in [0.5, 0.6) is 0 Å². The lowest BCUT2D eigenvalue weighted by Crippen LogP contribution is -2.43. The van der Waals surface area contributed by atoms with Crippen molar-refractivity contribution in [1.82, 2.24) is 15.1 Å². The van der Waals surface area contributed by atoms with Crippen molar-refractivity contribution in [3.63, 3.8) is 0 Å². The Hall–Kier alpha value is -3.39. The van der Waals surface area contributed by atoms with E-state index < -0.39 is 12.1 Å². The third kappa shape index (κ3) is 5.82. The molecule has 0 saturated heterocycles. The Bertz CT molecular complexity index is 1040. The molecule has 0 unspecified atom stereocenters. The molecule has 2 aliphatic rings. The maximum absolute atomic E-state index is 13.0. The zero-order valence-electron chi connectivity index (χ0n) is 20.3. The predicted molar refractivity (Wildman–Crippen MR) is 132 cm³/mol. The average molecular weight is 480 g/mol. The largest absolute Gasteiger partial charge is 0.480 e. The van der Waals surface area contributed by atoms with Crippen LogP contribution in [0.3, 0.4) is 0 Å². The lowest BCUT2D eigenvalue weighted by atomic mass is 9.98. The number of aliphatic carboxylic acids is 1. The van der Waals surface area contributed by atoms with E-state index in [-0.39, 0.29) is 36.9 Å². The molecule has 0 bridgehead atoms. The van der Waals surface area contributed by atoms with Crippen molar-refractivity contribution >= 4 is 18.0 Å². The molecule has 2 aromatic carbocycles. The summed E-state index contributed by atoms with van der Waals surface area (Å²) in [6.07, 6.45) is 1.28. The minimum absolute atomic E-state index is 0.00710. The summed E-state index contributed by atoms with van der Waals surface area (Å²) < 4.78 is 5.63. The van der Waals surface area contributed by atoms with E-state index in [1.165, 1.54) is 16.0 Å². The van der Waals surface area contributed by atoms with Gasteiger partial charge in [0.2, 0.25) is 5.91 Å². The molecule has 2 aromatic rings. The van der Waals surface area contributed by atoms with Crippen molar-refractivity contribution in [2.45, 2.75) is 31.2 Å². The molecule has 0 radical (unpaired) electrons. The Labute approximate surface area is 205 Å². The van der Waals surface area contributed by atoms with E-state index >= 15 is 0 Å². The fourth-order valence-electron chi connectivity index (χ4n) is 5.15. The molecule has 8 nitrogen and oxygen atoms in total. The Morgan fingerprint density at radius 1 is 0.971 bits per heavy atom. The number of carboxylic acids is 1. The Morgan fingerprint density at radius 2 is 1.60 bits per heavy atom. The van der Waals surface area contributed by atoms with Crippen LogP contribution in [0.1, 0.15) is 36.3 Å². The molecule has 0 aromatic heterocycles. The highest BCUT2D eigenvalue weighted by Crippen LogP contribution is 2.44. The highest BCUT2D eigenvalue weighted by atomic mass is 16.5. The zero-order valence-corrected chi connectivity index (χ0v) is 20.3. The van der Waals surface area contributed by atoms with Crippen molar-refractivity contribution in [3.05, 3.63) is 59.7 Å². The molecule has 2 aliphatic carbocycles. The molecule has 0 spiro atoms. The normalized spacial score (nSPS) is 18.7. The van der Waals surface area contributed by atoms with Gasteiger partial charge in [-0.15, -0.1) is 0 Å². The first-order valence-corrected chi connectivity index (χ1v) is 12.1. The highest BCUT2D eigenvalue weighted by molar-refractivity contribution is 5.83. The summed E-state index contributed by atoms with van der Waals surface area (Å²) in [4.78, 5) is 40.1. The summed E-state index contributed by atoms with van der Waals surface area (Å²) in [7, 11) is 3.76. The van der Waals surface area contributed by atoms with Gasteiger partial charge in [0, 0.05) is 31.0 Å². The molecular formula is C27H33N3O5. The molecule has 0 heterocycles. The third-order valence-corrected chi connectivity index (χ3v) is 6.90. The standard InChI is InChI=1S/C27H33N3O5/c1-29(2)13-14-30(16-25(31)32)26(33)18-11-12-19(15-18)28-27(34)35-17-24-22-9-5-3-7-20(22)21-8-4-6-10-23(21)24/h3-10,18-19,24H,11-17H2,1-2H3,(H,28,34)(H,31,32)/t18-,19+/m0/s1. The number of nitrogens with zero attached hydrogens (tertiary/aromatic N) is 2. The van der Waals surface area contributed by atoms with E-state index in [0.29, 0.717) is 32.4 Å². The monoisotopic (exact) mass is 479 g/mol. The van der Waals surface area contributed by atoms with Crippen LogP contribution in [-0.4, -0.2) is 79.3 Å². The van der Waals surface area contributed by atoms with Crippen LogP contribution in [-0.2, 0) is 14.3 Å². The number of rotatable bonds is 9. The summed E-state index contributed by atoms with van der Waals surface area (Å²) in [5.41, 5.74) is 4.66. The summed E-state index contributed by atoms with van der Waals surface area (Å²) in [6.45, 7) is 0.881. The number of amides is 2. The van der Waals surface area contributed by atoms with Crippen molar-refractivity contribution in [1.29, 1.82) is 0 Å². The molecule has 8 heteroatoms. The average Bonchev–Trinajstić information content (AvgIpc) is 3.42. The molecule has 0 aliphatic heterocycles. The second kappa shape index (κ2) is 10.9. The lowest BCUT2D eigenvalue weighted by Gasteiger charge is -2.25. The Morgan fingerprint density at radius 3 is 2.20 bits per heavy atom. The van der Waals surface area contributed by atoms with Gasteiger partial charge >= 0.3 is 12.1 Å². The first-order valence-electron chi connectivity index (χ1n) is 12.1. The summed E-state index contributed by atoms with van der Waals surface area (Å²) >= 11 is 0. The third-order valence-electron chi connectivity index (χ3n) is 6.90. The van der Waals surface area contributed by atoms with Crippen LogP contribution in [0.4, 0.5) is 4.79 Å². The number of carbonyl (C=O) groups is 3. The van der Waals surface area contributed by atoms with Crippen molar-refractivity contribution < 1.29 is 24.2 Å². The van der Waals surface area contributed by atoms with Crippen LogP contribution < -0.4 is 5.32 Å². The molecule has 4 rings (SSSR count). The molecule has 1 saturated carbocycles. The molecule has 35 heavy (non-hydrogen) atoms. The van der Waals surface area contributed by atoms with Crippen LogP contribution in [0, 0.1) is 5.92 Å². The van der Waals surface area contributed by atoms with Gasteiger partial charge in [-0.2, -0.15) is 0 Å². The number of ether oxygens (including phenoxy) is 1. The first-order chi connectivity index (χ1) is 16.8. The highest BCUT2D eigenvalue weighted by Gasteiger charge is 2.35. The van der Waals surface area contributed by atoms with Gasteiger partial charge in [0.05, 0.1) is 0 Å². The predicted octanol–water partition coefficient (Wildman–Crippen LogP) is 3.17. The molecule has 2 amide bonds. The smallest absolute Gasteiger partial charge is 0.407 e. The molecule has 2 atom stereocenters. The number of fused-ring (bicyclic) bond motifs is 3. The number of hydrogen-bond acceptors (Lipinski definition) is 5. The second-order valence-electron chi connectivity index (χ2n) is 9.63. The van der Waals surface area contributed by atoms with Gasteiger partial charge < -0.3 is 25.0 Å². The molecule has 186 valence electrons. The van der Waals surface area contributed by atoms with E-state index in [4.69, 9.17) is 4.74 Å². The number of benzene rings is 2. The van der Waals surface area contributed by atoms with Gasteiger partial charge in [0.15, 0.2) is 0 Å². The van der Waals surface area contributed by atoms with E-state index in [0.717, 1.165) is 11.1 Å². The number of carbonyl (C=O) groups excluding carboxylic acids is 2. The quantitative estimate of drug-likeness (QED) is 0.573. The number of likely N-dealkylation sites (N-methyl/N-ethyl adjacent to an activating group) is 1. The Balaban J connectivity index is 1.30. The van der Waals surface area contributed by atoms with E-state index in [1.807, 2.05) is 43.3 Å². The number of alkyl carbamates (subject to hydrolysis) is 1. The first kappa shape index (κ1) is 24.7. The van der Waals surface area contributed by atoms with Gasteiger partial charge in [0.25, 0.3) is 0 Å². The zero-order chi connectivity index (χ0) is 24.9. The van der Waals surface area contributed by atoms with E-state index in [9.17, 15) is 19.5 Å². The van der Waals surface area contributed by atoms with Gasteiger partial charge in [-0.3, -0.25) is 9.59 Å². The molecule has 1 fully saturated rings. The van der Waals surface area contributed by atoms with Gasteiger partial charge in [-0.05, 0) is 55.6 Å². The van der Waals surface area contributed by atoms with Crippen molar-refractivity contribution in [2.75, 3.05) is 40.3 Å². The van der Waals surface area contributed by atoms with Crippen molar-refractivity contribution in [3.8, 4) is 11.1 Å². The van der Waals surface area contributed by atoms with Crippen LogP contribution in [0.15, 0.2) is 48.5 Å². The van der Waals surface area contributed by atoms with E-state index in [2.05, 4.69) is 29.6 Å². The summed E-state index contributed by atoms with van der Waals surface area (Å²) in [5.74, 6) is -1.49. The van der Waals surface area contributed by atoms with Crippen LogP contribution in [0.25, 0.3) is 11.1 Å². The topological polar surface area (TPSA) is 99.2 Å². The maximum atomic E-state index is 13.0. The second-order valence-corrected chi connectivity index (χ2v) is 9.63.